The fourth-order valence-corrected chi connectivity index (χ4v) is 2.20. The van der Waals surface area contributed by atoms with Crippen molar-refractivity contribution in [2.45, 2.75) is 38.1 Å². The van der Waals surface area contributed by atoms with Crippen molar-refractivity contribution in [1.82, 2.24) is 0 Å². The van der Waals surface area contributed by atoms with Crippen molar-refractivity contribution in [3.05, 3.63) is 29.8 Å². The standard InChI is InChI=1S/C14H19NO2/c1-2-17-13-7-4-3-6-11(13)12(16)10-14(15)8-5-9-14/h3-4,6-7H,2,5,8-10,15H2,1H3. The average molecular weight is 233 g/mol. The maximum Gasteiger partial charge on any atom is 0.168 e. The van der Waals surface area contributed by atoms with Crippen LogP contribution in [-0.4, -0.2) is 17.9 Å². The average Bonchev–Trinajstić information content (AvgIpc) is 2.28. The number of carbonyl (C=O) groups is 1. The zero-order chi connectivity index (χ0) is 12.3. The van der Waals surface area contributed by atoms with Crippen molar-refractivity contribution in [3.63, 3.8) is 0 Å². The first kappa shape index (κ1) is 12.1. The second kappa shape index (κ2) is 4.88. The zero-order valence-electron chi connectivity index (χ0n) is 10.2. The molecule has 1 saturated carbocycles. The summed E-state index contributed by atoms with van der Waals surface area (Å²) in [6.07, 6.45) is 3.47. The maximum atomic E-state index is 12.2. The van der Waals surface area contributed by atoms with Crippen LogP contribution in [0.2, 0.25) is 0 Å². The lowest BCUT2D eigenvalue weighted by molar-refractivity contribution is 0.0908. The molecule has 0 heterocycles. The van der Waals surface area contributed by atoms with Crippen LogP contribution in [0.3, 0.4) is 0 Å². The number of para-hydroxylation sites is 1. The molecule has 0 aliphatic heterocycles. The summed E-state index contributed by atoms with van der Waals surface area (Å²) in [4.78, 5) is 12.2. The van der Waals surface area contributed by atoms with Gasteiger partial charge in [-0.2, -0.15) is 0 Å². The highest BCUT2D eigenvalue weighted by molar-refractivity contribution is 5.99. The van der Waals surface area contributed by atoms with Gasteiger partial charge < -0.3 is 10.5 Å². The van der Waals surface area contributed by atoms with Gasteiger partial charge in [0.15, 0.2) is 5.78 Å². The number of benzene rings is 1. The summed E-state index contributed by atoms with van der Waals surface area (Å²) in [7, 11) is 0. The second-order valence-electron chi connectivity index (χ2n) is 4.75. The first-order chi connectivity index (χ1) is 8.14. The molecule has 0 bridgehead atoms. The fourth-order valence-electron chi connectivity index (χ4n) is 2.20. The SMILES string of the molecule is CCOc1ccccc1C(=O)CC1(N)CCC1. The Morgan fingerprint density at radius 2 is 2.12 bits per heavy atom. The van der Waals surface area contributed by atoms with Gasteiger partial charge in [0.2, 0.25) is 0 Å². The lowest BCUT2D eigenvalue weighted by Gasteiger charge is -2.37. The second-order valence-corrected chi connectivity index (χ2v) is 4.75. The molecule has 1 aromatic carbocycles. The molecule has 1 aliphatic rings. The molecule has 1 aliphatic carbocycles. The van der Waals surface area contributed by atoms with Crippen molar-refractivity contribution in [1.29, 1.82) is 0 Å². The third-order valence-electron chi connectivity index (χ3n) is 3.35. The highest BCUT2D eigenvalue weighted by Crippen LogP contribution is 2.34. The smallest absolute Gasteiger partial charge is 0.168 e. The molecule has 0 saturated heterocycles. The number of nitrogens with two attached hydrogens (primary N) is 1. The lowest BCUT2D eigenvalue weighted by atomic mass is 9.74. The van der Waals surface area contributed by atoms with E-state index in [-0.39, 0.29) is 11.3 Å². The van der Waals surface area contributed by atoms with Gasteiger partial charge in [0.1, 0.15) is 5.75 Å². The zero-order valence-corrected chi connectivity index (χ0v) is 10.2. The van der Waals surface area contributed by atoms with E-state index < -0.39 is 0 Å². The molecule has 2 N–H and O–H groups in total. The van der Waals surface area contributed by atoms with E-state index in [4.69, 9.17) is 10.5 Å². The molecule has 1 aromatic rings. The molecule has 3 heteroatoms. The number of ether oxygens (including phenoxy) is 1. The van der Waals surface area contributed by atoms with Crippen LogP contribution in [0.15, 0.2) is 24.3 Å². The van der Waals surface area contributed by atoms with Gasteiger partial charge in [-0.1, -0.05) is 12.1 Å². The molecular formula is C14H19NO2. The number of rotatable bonds is 5. The van der Waals surface area contributed by atoms with Gasteiger partial charge in [-0.15, -0.1) is 0 Å². The van der Waals surface area contributed by atoms with Crippen LogP contribution in [-0.2, 0) is 0 Å². The maximum absolute atomic E-state index is 12.2. The fraction of sp³-hybridized carbons (Fsp3) is 0.500. The minimum absolute atomic E-state index is 0.0938. The third-order valence-corrected chi connectivity index (χ3v) is 3.35. The Bertz CT molecular complexity index is 410. The van der Waals surface area contributed by atoms with E-state index in [2.05, 4.69) is 0 Å². The van der Waals surface area contributed by atoms with Crippen LogP contribution in [0.4, 0.5) is 0 Å². The van der Waals surface area contributed by atoms with Gasteiger partial charge >= 0.3 is 0 Å². The van der Waals surface area contributed by atoms with Gasteiger partial charge in [0, 0.05) is 12.0 Å². The summed E-state index contributed by atoms with van der Waals surface area (Å²) in [6, 6.07) is 7.39. The Labute approximate surface area is 102 Å². The number of ketones is 1. The molecule has 3 nitrogen and oxygen atoms in total. The predicted octanol–water partition coefficient (Wildman–Crippen LogP) is 2.54. The highest BCUT2D eigenvalue weighted by atomic mass is 16.5. The Hall–Kier alpha value is -1.35. The van der Waals surface area contributed by atoms with Gasteiger partial charge in [0.25, 0.3) is 0 Å². The molecule has 1 fully saturated rings. The van der Waals surface area contributed by atoms with E-state index >= 15 is 0 Å². The van der Waals surface area contributed by atoms with Gasteiger partial charge in [0.05, 0.1) is 12.2 Å². The van der Waals surface area contributed by atoms with Gasteiger partial charge in [-0.25, -0.2) is 0 Å². The summed E-state index contributed by atoms with van der Waals surface area (Å²) in [5.41, 5.74) is 6.49. The Morgan fingerprint density at radius 1 is 1.41 bits per heavy atom. The van der Waals surface area contributed by atoms with E-state index in [1.54, 1.807) is 0 Å². The molecule has 0 radical (unpaired) electrons. The first-order valence-corrected chi connectivity index (χ1v) is 6.18. The highest BCUT2D eigenvalue weighted by Gasteiger charge is 2.35. The molecule has 92 valence electrons. The number of carbonyl (C=O) groups excluding carboxylic acids is 1. The van der Waals surface area contributed by atoms with Crippen LogP contribution >= 0.6 is 0 Å². The topological polar surface area (TPSA) is 52.3 Å². The molecule has 0 atom stereocenters. The van der Waals surface area contributed by atoms with E-state index in [1.165, 1.54) is 0 Å². The Morgan fingerprint density at radius 3 is 2.71 bits per heavy atom. The normalized spacial score (nSPS) is 17.3. The van der Waals surface area contributed by atoms with Crippen LogP contribution in [0.25, 0.3) is 0 Å². The van der Waals surface area contributed by atoms with Crippen molar-refractivity contribution >= 4 is 5.78 Å². The van der Waals surface area contributed by atoms with Crippen molar-refractivity contribution in [3.8, 4) is 5.75 Å². The van der Waals surface area contributed by atoms with Gasteiger partial charge in [-0.05, 0) is 38.3 Å². The summed E-state index contributed by atoms with van der Waals surface area (Å²) >= 11 is 0. The third kappa shape index (κ3) is 2.67. The van der Waals surface area contributed by atoms with E-state index in [9.17, 15) is 4.79 Å². The molecule has 17 heavy (non-hydrogen) atoms. The van der Waals surface area contributed by atoms with E-state index in [0.29, 0.717) is 24.3 Å². The predicted molar refractivity (Wildman–Crippen MR) is 67.3 cm³/mol. The Kier molecular flexibility index (Phi) is 3.48. The Balaban J connectivity index is 2.12. The molecule has 0 unspecified atom stereocenters. The van der Waals surface area contributed by atoms with Crippen LogP contribution < -0.4 is 10.5 Å². The summed E-state index contributed by atoms with van der Waals surface area (Å²) in [5.74, 6) is 0.763. The van der Waals surface area contributed by atoms with Crippen molar-refractivity contribution in [2.75, 3.05) is 6.61 Å². The summed E-state index contributed by atoms with van der Waals surface area (Å²) in [6.45, 7) is 2.48. The lowest BCUT2D eigenvalue weighted by Crippen LogP contribution is -2.48. The quantitative estimate of drug-likeness (QED) is 0.795. The largest absolute Gasteiger partial charge is 0.493 e. The van der Waals surface area contributed by atoms with E-state index in [1.807, 2.05) is 31.2 Å². The van der Waals surface area contributed by atoms with Crippen LogP contribution in [0.1, 0.15) is 43.0 Å². The summed E-state index contributed by atoms with van der Waals surface area (Å²) < 4.78 is 5.46. The molecule has 0 amide bonds. The van der Waals surface area contributed by atoms with Crippen molar-refractivity contribution in [2.24, 2.45) is 5.73 Å². The minimum atomic E-state index is -0.267. The molecule has 0 spiro atoms. The number of Topliss-reactive ketones (excluding diaryl/α,β-unsaturated/α-hetero) is 1. The van der Waals surface area contributed by atoms with Crippen molar-refractivity contribution < 1.29 is 9.53 Å². The molecular weight excluding hydrogens is 214 g/mol. The minimum Gasteiger partial charge on any atom is -0.493 e. The van der Waals surface area contributed by atoms with Gasteiger partial charge in [-0.3, -0.25) is 4.79 Å². The summed E-state index contributed by atoms with van der Waals surface area (Å²) in [5, 5.41) is 0. The monoisotopic (exact) mass is 233 g/mol. The first-order valence-electron chi connectivity index (χ1n) is 6.18. The number of hydrogen-bond acceptors (Lipinski definition) is 3. The number of hydrogen-bond donors (Lipinski definition) is 1. The van der Waals surface area contributed by atoms with Crippen LogP contribution in [0.5, 0.6) is 5.75 Å². The molecule has 2 rings (SSSR count). The van der Waals surface area contributed by atoms with Crippen LogP contribution in [0, 0.1) is 0 Å². The van der Waals surface area contributed by atoms with E-state index in [0.717, 1.165) is 19.3 Å². The molecule has 0 aromatic heterocycles.